The van der Waals surface area contributed by atoms with Crippen molar-refractivity contribution in [3.8, 4) is 11.6 Å². The lowest BCUT2D eigenvalue weighted by Gasteiger charge is -2.19. The van der Waals surface area contributed by atoms with Gasteiger partial charge in [0.25, 0.3) is 0 Å². The van der Waals surface area contributed by atoms with Crippen molar-refractivity contribution in [2.45, 2.75) is 25.9 Å². The minimum absolute atomic E-state index is 0.128. The molecule has 0 saturated heterocycles. The summed E-state index contributed by atoms with van der Waals surface area (Å²) >= 11 is 0. The zero-order valence-corrected chi connectivity index (χ0v) is 15.8. The van der Waals surface area contributed by atoms with Gasteiger partial charge >= 0.3 is 11.6 Å². The summed E-state index contributed by atoms with van der Waals surface area (Å²) in [6.45, 7) is 3.50. The second-order valence-corrected chi connectivity index (χ2v) is 6.35. The highest BCUT2D eigenvalue weighted by molar-refractivity contribution is 5.80. The van der Waals surface area contributed by atoms with Crippen molar-refractivity contribution < 1.29 is 14.5 Å². The monoisotopic (exact) mass is 383 g/mol. The molecule has 0 aliphatic carbocycles. The van der Waals surface area contributed by atoms with E-state index in [9.17, 15) is 14.9 Å². The van der Waals surface area contributed by atoms with E-state index in [1.807, 2.05) is 60.3 Å². The lowest BCUT2D eigenvalue weighted by molar-refractivity contribution is -0.385. The standard InChI is InChI=1S/C19H21N5O4/c1-13(15-7-6-8-16(11-15)22-9-4-5-10-22)20-18(25)14(2)23-12-17(24(26)27)19(21-23)28-3/h4-14H,1-3H3,(H,20,25). The van der Waals surface area contributed by atoms with E-state index < -0.39 is 11.0 Å². The van der Waals surface area contributed by atoms with Crippen molar-refractivity contribution in [1.82, 2.24) is 19.7 Å². The van der Waals surface area contributed by atoms with Crippen LogP contribution >= 0.6 is 0 Å². The van der Waals surface area contributed by atoms with Gasteiger partial charge in [-0.3, -0.25) is 14.9 Å². The van der Waals surface area contributed by atoms with Gasteiger partial charge in [0.15, 0.2) is 0 Å². The third-order valence-corrected chi connectivity index (χ3v) is 4.48. The van der Waals surface area contributed by atoms with Crippen LogP contribution in [0.25, 0.3) is 5.69 Å². The molecule has 9 nitrogen and oxygen atoms in total. The van der Waals surface area contributed by atoms with E-state index in [1.165, 1.54) is 18.0 Å². The van der Waals surface area contributed by atoms with Gasteiger partial charge in [-0.1, -0.05) is 12.1 Å². The van der Waals surface area contributed by atoms with Crippen molar-refractivity contribution in [2.24, 2.45) is 0 Å². The summed E-state index contributed by atoms with van der Waals surface area (Å²) in [7, 11) is 1.30. The topological polar surface area (TPSA) is 104 Å². The number of benzene rings is 1. The van der Waals surface area contributed by atoms with E-state index in [4.69, 9.17) is 4.74 Å². The predicted octanol–water partition coefficient (Wildman–Crippen LogP) is 3.03. The first-order chi connectivity index (χ1) is 13.4. The van der Waals surface area contributed by atoms with E-state index in [0.717, 1.165) is 11.3 Å². The number of amides is 1. The molecule has 1 amide bonds. The molecule has 3 aromatic rings. The van der Waals surface area contributed by atoms with E-state index in [-0.39, 0.29) is 23.5 Å². The number of rotatable bonds is 7. The minimum atomic E-state index is -0.738. The van der Waals surface area contributed by atoms with Crippen LogP contribution in [0.15, 0.2) is 55.0 Å². The zero-order chi connectivity index (χ0) is 20.3. The number of ether oxygens (including phenoxy) is 1. The SMILES string of the molecule is COc1nn(C(C)C(=O)NC(C)c2cccc(-n3cccc3)c2)cc1[N+](=O)[O-]. The number of hydrogen-bond acceptors (Lipinski definition) is 5. The third kappa shape index (κ3) is 3.88. The Bertz CT molecular complexity index is 980. The lowest BCUT2D eigenvalue weighted by Crippen LogP contribution is -2.33. The highest BCUT2D eigenvalue weighted by Gasteiger charge is 2.26. The van der Waals surface area contributed by atoms with Gasteiger partial charge in [0.05, 0.1) is 18.1 Å². The number of carbonyl (C=O) groups is 1. The normalized spacial score (nSPS) is 13.0. The van der Waals surface area contributed by atoms with Gasteiger partial charge in [-0.05, 0) is 43.7 Å². The molecule has 9 heteroatoms. The molecular formula is C19H21N5O4. The van der Waals surface area contributed by atoms with Crippen LogP contribution in [0.3, 0.4) is 0 Å². The third-order valence-electron chi connectivity index (χ3n) is 4.48. The first-order valence-corrected chi connectivity index (χ1v) is 8.72. The average Bonchev–Trinajstić information content (AvgIpc) is 3.37. The second kappa shape index (κ2) is 7.95. The van der Waals surface area contributed by atoms with Crippen molar-refractivity contribution >= 4 is 11.6 Å². The van der Waals surface area contributed by atoms with Gasteiger partial charge in [0, 0.05) is 18.1 Å². The molecule has 2 atom stereocenters. The molecule has 0 radical (unpaired) electrons. The molecule has 2 heterocycles. The molecule has 146 valence electrons. The molecule has 0 fully saturated rings. The highest BCUT2D eigenvalue weighted by Crippen LogP contribution is 2.26. The first kappa shape index (κ1) is 19.2. The Hall–Kier alpha value is -3.62. The summed E-state index contributed by atoms with van der Waals surface area (Å²) < 4.78 is 8.12. The van der Waals surface area contributed by atoms with Crippen LogP contribution in [0.1, 0.15) is 31.5 Å². The smallest absolute Gasteiger partial charge is 0.350 e. The maximum atomic E-state index is 12.6. The van der Waals surface area contributed by atoms with Gasteiger partial charge in [0.1, 0.15) is 12.2 Å². The second-order valence-electron chi connectivity index (χ2n) is 6.35. The molecular weight excluding hydrogens is 362 g/mol. The number of nitro groups is 1. The Morgan fingerprint density at radius 2 is 1.96 bits per heavy atom. The fourth-order valence-corrected chi connectivity index (χ4v) is 2.83. The van der Waals surface area contributed by atoms with Gasteiger partial charge in [0.2, 0.25) is 5.91 Å². The van der Waals surface area contributed by atoms with Crippen LogP contribution in [0.2, 0.25) is 0 Å². The molecule has 28 heavy (non-hydrogen) atoms. The maximum absolute atomic E-state index is 12.6. The Balaban J connectivity index is 1.74. The van der Waals surface area contributed by atoms with Gasteiger partial charge in [-0.2, -0.15) is 0 Å². The van der Waals surface area contributed by atoms with Gasteiger partial charge < -0.3 is 14.6 Å². The van der Waals surface area contributed by atoms with Crippen LogP contribution < -0.4 is 10.1 Å². The molecule has 0 bridgehead atoms. The summed E-state index contributed by atoms with van der Waals surface area (Å²) in [5, 5.41) is 18.0. The number of methoxy groups -OCH3 is 1. The molecule has 0 aliphatic rings. The Morgan fingerprint density at radius 1 is 1.25 bits per heavy atom. The van der Waals surface area contributed by atoms with Crippen molar-refractivity contribution in [3.63, 3.8) is 0 Å². The Kier molecular flexibility index (Phi) is 5.44. The summed E-state index contributed by atoms with van der Waals surface area (Å²) in [6.07, 6.45) is 5.09. The average molecular weight is 383 g/mol. The molecule has 1 aromatic carbocycles. The van der Waals surface area contributed by atoms with Crippen LogP contribution in [-0.2, 0) is 4.79 Å². The van der Waals surface area contributed by atoms with Gasteiger partial charge in [-0.15, -0.1) is 5.10 Å². The van der Waals surface area contributed by atoms with Crippen LogP contribution in [0, 0.1) is 10.1 Å². The molecule has 0 spiro atoms. The quantitative estimate of drug-likeness (QED) is 0.499. The van der Waals surface area contributed by atoms with E-state index >= 15 is 0 Å². The van der Waals surface area contributed by atoms with Gasteiger partial charge in [-0.25, -0.2) is 4.68 Å². The number of hydrogen-bond donors (Lipinski definition) is 1. The van der Waals surface area contributed by atoms with E-state index in [0.29, 0.717) is 0 Å². The predicted molar refractivity (Wildman–Crippen MR) is 102 cm³/mol. The highest BCUT2D eigenvalue weighted by atomic mass is 16.6. The number of nitrogens with zero attached hydrogens (tertiary/aromatic N) is 4. The summed E-state index contributed by atoms with van der Waals surface area (Å²) in [5.74, 6) is -0.434. The van der Waals surface area contributed by atoms with Crippen molar-refractivity contribution in [2.75, 3.05) is 7.11 Å². The summed E-state index contributed by atoms with van der Waals surface area (Å²) in [5.41, 5.74) is 1.65. The number of carbonyl (C=O) groups excluding carboxylic acids is 1. The molecule has 3 rings (SSSR count). The van der Waals surface area contributed by atoms with Crippen LogP contribution in [0.4, 0.5) is 5.69 Å². The zero-order valence-electron chi connectivity index (χ0n) is 15.8. The minimum Gasteiger partial charge on any atom is -0.475 e. The fourth-order valence-electron chi connectivity index (χ4n) is 2.83. The largest absolute Gasteiger partial charge is 0.475 e. The Morgan fingerprint density at radius 3 is 2.57 bits per heavy atom. The summed E-state index contributed by atoms with van der Waals surface area (Å²) in [4.78, 5) is 23.1. The first-order valence-electron chi connectivity index (χ1n) is 8.72. The van der Waals surface area contributed by atoms with Crippen molar-refractivity contribution in [1.29, 1.82) is 0 Å². The summed E-state index contributed by atoms with van der Waals surface area (Å²) in [6, 6.07) is 10.7. The molecule has 2 aromatic heterocycles. The lowest BCUT2D eigenvalue weighted by atomic mass is 10.1. The number of nitrogens with one attached hydrogen (secondary N) is 1. The van der Waals surface area contributed by atoms with E-state index in [1.54, 1.807) is 6.92 Å². The molecule has 1 N–H and O–H groups in total. The number of aromatic nitrogens is 3. The molecule has 0 aliphatic heterocycles. The van der Waals surface area contributed by atoms with Crippen LogP contribution in [-0.4, -0.2) is 32.3 Å². The fraction of sp³-hybridized carbons (Fsp3) is 0.263. The Labute approximate surface area is 161 Å². The molecule has 0 saturated carbocycles. The van der Waals surface area contributed by atoms with Crippen LogP contribution in [0.5, 0.6) is 5.88 Å². The van der Waals surface area contributed by atoms with Crippen molar-refractivity contribution in [3.05, 3.63) is 70.7 Å². The molecule has 2 unspecified atom stereocenters. The van der Waals surface area contributed by atoms with E-state index in [2.05, 4.69) is 10.4 Å². The maximum Gasteiger partial charge on any atom is 0.350 e.